The first kappa shape index (κ1) is 23.8. The molecule has 0 spiro atoms. The van der Waals surface area contributed by atoms with Gasteiger partial charge in [0.2, 0.25) is 0 Å². The van der Waals surface area contributed by atoms with Crippen molar-refractivity contribution in [2.45, 2.75) is 19.3 Å². The number of nitrogens with zero attached hydrogens (tertiary/aromatic N) is 5. The molecule has 0 aliphatic heterocycles. The molecule has 0 atom stereocenters. The number of carbonyl (C=O) groups excluding carboxylic acids is 1. The topological polar surface area (TPSA) is 94.8 Å². The number of alkyl halides is 6. The fourth-order valence-electron chi connectivity index (χ4n) is 2.58. The van der Waals surface area contributed by atoms with Gasteiger partial charge in [0.1, 0.15) is 12.7 Å². The monoisotopic (exact) mass is 472 g/mol. The minimum atomic E-state index is -5.02. The third kappa shape index (κ3) is 5.91. The molecule has 3 aromatic rings. The molecule has 8 nitrogen and oxygen atoms in total. The number of hydrogen-bond acceptors (Lipinski definition) is 6. The fourth-order valence-corrected chi connectivity index (χ4v) is 2.58. The van der Waals surface area contributed by atoms with Gasteiger partial charge in [-0.2, -0.15) is 26.3 Å². The van der Waals surface area contributed by atoms with Crippen LogP contribution in [0.5, 0.6) is 0 Å². The Bertz CT molecular complexity index is 1130. The third-order valence-corrected chi connectivity index (χ3v) is 4.04. The Morgan fingerprint density at radius 3 is 2.21 bits per heavy atom. The maximum atomic E-state index is 13.1. The number of benzene rings is 1. The second-order valence-electron chi connectivity index (χ2n) is 6.38. The van der Waals surface area contributed by atoms with Crippen LogP contribution < -0.4 is 5.48 Å². The molecule has 1 amide bonds. The average molecular weight is 472 g/mol. The molecule has 2 aromatic heterocycles. The Kier molecular flexibility index (Phi) is 6.76. The van der Waals surface area contributed by atoms with Crippen LogP contribution in [-0.2, 0) is 22.0 Å². The summed E-state index contributed by atoms with van der Waals surface area (Å²) < 4.78 is 79.7. The molecule has 0 unspecified atom stereocenters. The highest BCUT2D eigenvalue weighted by Crippen LogP contribution is 2.38. The number of halogens is 6. The molecular weight excluding hydrogens is 458 g/mol. The summed E-state index contributed by atoms with van der Waals surface area (Å²) in [5.41, 5.74) is -1.16. The second-order valence-corrected chi connectivity index (χ2v) is 6.38. The highest BCUT2D eigenvalue weighted by atomic mass is 19.4. The average Bonchev–Trinajstić information content (AvgIpc) is 3.23. The molecule has 33 heavy (non-hydrogen) atoms. The van der Waals surface area contributed by atoms with Crippen molar-refractivity contribution in [3.63, 3.8) is 0 Å². The van der Waals surface area contributed by atoms with Crippen LogP contribution in [0.15, 0.2) is 43.2 Å². The molecule has 174 valence electrons. The molecule has 1 N–H and O–H groups in total. The summed E-state index contributed by atoms with van der Waals surface area (Å²) in [7, 11) is 0. The molecule has 0 saturated carbocycles. The summed E-state index contributed by atoms with van der Waals surface area (Å²) in [6.45, 7) is 1.79. The minimum absolute atomic E-state index is 0.00592. The molecular formula is C19H14F6N6O2. The lowest BCUT2D eigenvalue weighted by Crippen LogP contribution is -2.25. The second kappa shape index (κ2) is 9.36. The van der Waals surface area contributed by atoms with Crippen LogP contribution in [0.4, 0.5) is 26.3 Å². The number of hydroxylamine groups is 1. The summed E-state index contributed by atoms with van der Waals surface area (Å²) >= 11 is 0. The first-order chi connectivity index (χ1) is 15.5. The molecule has 3 rings (SSSR count). The molecule has 0 saturated heterocycles. The van der Waals surface area contributed by atoms with Crippen molar-refractivity contribution in [1.29, 1.82) is 0 Å². The summed E-state index contributed by atoms with van der Waals surface area (Å²) in [6, 6.07) is 1.02. The van der Waals surface area contributed by atoms with Crippen molar-refractivity contribution >= 4 is 17.7 Å². The zero-order valence-electron chi connectivity index (χ0n) is 16.6. The minimum Gasteiger partial charge on any atom is -0.274 e. The van der Waals surface area contributed by atoms with Gasteiger partial charge < -0.3 is 0 Å². The van der Waals surface area contributed by atoms with E-state index < -0.39 is 40.8 Å². The van der Waals surface area contributed by atoms with Crippen molar-refractivity contribution in [3.05, 3.63) is 59.9 Å². The number of nitrogens with one attached hydrogen (secondary N) is 1. The number of hydrogen-bond donors (Lipinski definition) is 1. The van der Waals surface area contributed by atoms with E-state index in [1.165, 1.54) is 18.7 Å². The number of carbonyl (C=O) groups is 1. The lowest BCUT2D eigenvalue weighted by Gasteiger charge is -2.13. The van der Waals surface area contributed by atoms with E-state index in [1.807, 2.05) is 0 Å². The van der Waals surface area contributed by atoms with E-state index in [1.54, 1.807) is 6.92 Å². The zero-order valence-corrected chi connectivity index (χ0v) is 16.6. The normalized spacial score (nSPS) is 12.6. The van der Waals surface area contributed by atoms with Crippen LogP contribution >= 0.6 is 0 Å². The highest BCUT2D eigenvalue weighted by Gasteiger charge is 2.37. The van der Waals surface area contributed by atoms with Gasteiger partial charge in [-0.15, -0.1) is 5.10 Å². The SMILES string of the molecule is CCONC(=O)/C(=C/n1cnc(-c2cc(C(F)(F)F)cc(C(F)(F)F)c2)n1)c1cncnc1. The molecule has 0 aliphatic rings. The van der Waals surface area contributed by atoms with Gasteiger partial charge in [-0.25, -0.2) is 25.1 Å². The molecule has 0 aliphatic carbocycles. The van der Waals surface area contributed by atoms with Crippen LogP contribution in [-0.4, -0.2) is 37.2 Å². The predicted molar refractivity (Wildman–Crippen MR) is 101 cm³/mol. The predicted octanol–water partition coefficient (Wildman–Crippen LogP) is 3.84. The Morgan fingerprint density at radius 1 is 1.06 bits per heavy atom. The smallest absolute Gasteiger partial charge is 0.274 e. The van der Waals surface area contributed by atoms with Gasteiger partial charge in [0.15, 0.2) is 5.82 Å². The van der Waals surface area contributed by atoms with Crippen LogP contribution in [0.25, 0.3) is 23.2 Å². The number of aromatic nitrogens is 5. The van der Waals surface area contributed by atoms with Gasteiger partial charge in [0.05, 0.1) is 23.3 Å². The standard InChI is InChI=1S/C19H14F6N6O2/c1-2-33-30-17(32)15(12-6-26-9-27-7-12)8-31-10-28-16(29-31)11-3-13(18(20,21)22)5-14(4-11)19(23,24)25/h3-10H,2H2,1H3,(H,30,32)/b15-8+. The summed E-state index contributed by atoms with van der Waals surface area (Å²) in [4.78, 5) is 28.7. The van der Waals surface area contributed by atoms with E-state index in [0.717, 1.165) is 17.2 Å². The van der Waals surface area contributed by atoms with Gasteiger partial charge in [-0.05, 0) is 25.1 Å². The first-order valence-corrected chi connectivity index (χ1v) is 9.09. The zero-order chi connectivity index (χ0) is 24.2. The summed E-state index contributed by atoms with van der Waals surface area (Å²) in [5, 5.41) is 3.89. The lowest BCUT2D eigenvalue weighted by molar-refractivity contribution is -0.143. The Morgan fingerprint density at radius 2 is 1.67 bits per heavy atom. The number of amides is 1. The van der Waals surface area contributed by atoms with E-state index in [2.05, 4.69) is 25.5 Å². The molecule has 0 fully saturated rings. The van der Waals surface area contributed by atoms with E-state index in [4.69, 9.17) is 4.84 Å². The van der Waals surface area contributed by atoms with E-state index in [9.17, 15) is 31.1 Å². The molecule has 0 bridgehead atoms. The molecule has 1 aromatic carbocycles. The highest BCUT2D eigenvalue weighted by molar-refractivity contribution is 6.22. The van der Waals surface area contributed by atoms with Gasteiger partial charge in [-0.1, -0.05) is 0 Å². The fraction of sp³-hybridized carbons (Fsp3) is 0.211. The van der Waals surface area contributed by atoms with Crippen LogP contribution in [0.2, 0.25) is 0 Å². The maximum Gasteiger partial charge on any atom is 0.416 e. The Hall–Kier alpha value is -3.81. The maximum absolute atomic E-state index is 13.1. The Labute approximate surface area is 181 Å². The van der Waals surface area contributed by atoms with Gasteiger partial charge in [0, 0.05) is 29.7 Å². The van der Waals surface area contributed by atoms with E-state index >= 15 is 0 Å². The van der Waals surface area contributed by atoms with E-state index in [0.29, 0.717) is 12.1 Å². The number of rotatable bonds is 6. The first-order valence-electron chi connectivity index (χ1n) is 9.09. The van der Waals surface area contributed by atoms with Gasteiger partial charge in [0.25, 0.3) is 5.91 Å². The van der Waals surface area contributed by atoms with Crippen molar-refractivity contribution in [2.24, 2.45) is 0 Å². The van der Waals surface area contributed by atoms with Gasteiger partial charge >= 0.3 is 12.4 Å². The lowest BCUT2D eigenvalue weighted by atomic mass is 10.0. The van der Waals surface area contributed by atoms with Crippen LogP contribution in [0.1, 0.15) is 23.6 Å². The Balaban J connectivity index is 2.04. The largest absolute Gasteiger partial charge is 0.416 e. The van der Waals surface area contributed by atoms with Crippen molar-refractivity contribution in [3.8, 4) is 11.4 Å². The van der Waals surface area contributed by atoms with Crippen LogP contribution in [0, 0.1) is 0 Å². The molecule has 2 heterocycles. The third-order valence-electron chi connectivity index (χ3n) is 4.04. The molecule has 0 radical (unpaired) electrons. The summed E-state index contributed by atoms with van der Waals surface area (Å²) in [6.07, 6.45) is -4.04. The van der Waals surface area contributed by atoms with Gasteiger partial charge in [-0.3, -0.25) is 9.63 Å². The van der Waals surface area contributed by atoms with Crippen molar-refractivity contribution in [1.82, 2.24) is 30.2 Å². The quantitative estimate of drug-likeness (QED) is 0.333. The molecule has 14 heteroatoms. The van der Waals surface area contributed by atoms with Crippen molar-refractivity contribution in [2.75, 3.05) is 6.61 Å². The van der Waals surface area contributed by atoms with Crippen molar-refractivity contribution < 1.29 is 36.0 Å². The van der Waals surface area contributed by atoms with Crippen LogP contribution in [0.3, 0.4) is 0 Å². The van der Waals surface area contributed by atoms with E-state index in [-0.39, 0.29) is 23.8 Å². The summed E-state index contributed by atoms with van der Waals surface area (Å²) in [5.74, 6) is -1.14.